The maximum atomic E-state index is 11.9. The lowest BCUT2D eigenvalue weighted by molar-refractivity contribution is -0.121. The third-order valence-corrected chi connectivity index (χ3v) is 3.49. The summed E-state index contributed by atoms with van der Waals surface area (Å²) in [6.45, 7) is 3.80. The Bertz CT molecular complexity index is 580. The number of aromatic nitrogens is 1. The molecule has 0 fully saturated rings. The summed E-state index contributed by atoms with van der Waals surface area (Å²) in [4.78, 5) is 11.9. The predicted molar refractivity (Wildman–Crippen MR) is 79.5 cm³/mol. The third kappa shape index (κ3) is 4.16. The van der Waals surface area contributed by atoms with Crippen molar-refractivity contribution in [2.24, 2.45) is 5.92 Å². The molecular weight excluding hydrogens is 268 g/mol. The number of aliphatic hydroxyl groups excluding tert-OH is 1. The Balaban J connectivity index is 1.95. The fourth-order valence-electron chi connectivity index (χ4n) is 1.90. The molecular formula is C16H20N2O3. The van der Waals surface area contributed by atoms with Crippen molar-refractivity contribution < 1.29 is 14.4 Å². The molecule has 2 N–H and O–H groups in total. The molecule has 5 nitrogen and oxygen atoms in total. The number of hydrogen-bond donors (Lipinski definition) is 2. The molecule has 0 spiro atoms. The lowest BCUT2D eigenvalue weighted by Gasteiger charge is -2.18. The number of carbonyl (C=O) groups is 1. The second-order valence-electron chi connectivity index (χ2n) is 5.24. The summed E-state index contributed by atoms with van der Waals surface area (Å²) >= 11 is 0. The van der Waals surface area contributed by atoms with Crippen molar-refractivity contribution in [2.45, 2.75) is 26.3 Å². The highest BCUT2D eigenvalue weighted by Crippen LogP contribution is 2.19. The average Bonchev–Trinajstić information content (AvgIpc) is 2.95. The van der Waals surface area contributed by atoms with E-state index >= 15 is 0 Å². The highest BCUT2D eigenvalue weighted by atomic mass is 16.5. The highest BCUT2D eigenvalue weighted by molar-refractivity contribution is 5.78. The van der Waals surface area contributed by atoms with Gasteiger partial charge >= 0.3 is 0 Å². The van der Waals surface area contributed by atoms with E-state index in [2.05, 4.69) is 10.5 Å². The Morgan fingerprint density at radius 3 is 2.71 bits per heavy atom. The van der Waals surface area contributed by atoms with Gasteiger partial charge < -0.3 is 14.9 Å². The first-order valence-corrected chi connectivity index (χ1v) is 7.01. The van der Waals surface area contributed by atoms with E-state index in [1.54, 1.807) is 6.07 Å². The minimum Gasteiger partial charge on any atom is -0.396 e. The van der Waals surface area contributed by atoms with Crippen LogP contribution in [0, 0.1) is 5.92 Å². The first-order valence-electron chi connectivity index (χ1n) is 7.01. The molecule has 2 aromatic rings. The monoisotopic (exact) mass is 288 g/mol. The van der Waals surface area contributed by atoms with Gasteiger partial charge in [-0.1, -0.05) is 42.4 Å². The zero-order valence-corrected chi connectivity index (χ0v) is 12.2. The van der Waals surface area contributed by atoms with Gasteiger partial charge in [-0.05, 0) is 12.8 Å². The van der Waals surface area contributed by atoms with E-state index in [9.17, 15) is 4.79 Å². The molecule has 1 aromatic heterocycles. The van der Waals surface area contributed by atoms with Crippen molar-refractivity contribution in [3.63, 3.8) is 0 Å². The summed E-state index contributed by atoms with van der Waals surface area (Å²) in [7, 11) is 0. The highest BCUT2D eigenvalue weighted by Gasteiger charge is 2.16. The topological polar surface area (TPSA) is 75.4 Å². The first-order chi connectivity index (χ1) is 10.1. The fourth-order valence-corrected chi connectivity index (χ4v) is 1.90. The number of hydrogen-bond acceptors (Lipinski definition) is 4. The molecule has 0 saturated carbocycles. The van der Waals surface area contributed by atoms with Crippen LogP contribution < -0.4 is 5.32 Å². The normalized spacial score (nSPS) is 13.7. The van der Waals surface area contributed by atoms with Crippen LogP contribution in [0.3, 0.4) is 0 Å². The van der Waals surface area contributed by atoms with Crippen molar-refractivity contribution in [3.8, 4) is 11.3 Å². The largest absolute Gasteiger partial charge is 0.396 e. The SMILES string of the molecule is CC(CO)C(C)NC(=O)Cc1cc(-c2ccccc2)on1. The number of carbonyl (C=O) groups excluding carboxylic acids is 1. The molecule has 1 aromatic carbocycles. The van der Waals surface area contributed by atoms with Crippen molar-refractivity contribution >= 4 is 5.91 Å². The molecule has 5 heteroatoms. The molecule has 21 heavy (non-hydrogen) atoms. The summed E-state index contributed by atoms with van der Waals surface area (Å²) in [5.41, 5.74) is 1.52. The van der Waals surface area contributed by atoms with Gasteiger partial charge in [0.15, 0.2) is 5.76 Å². The average molecular weight is 288 g/mol. The minimum absolute atomic E-state index is 0.0196. The van der Waals surface area contributed by atoms with Crippen molar-refractivity contribution in [1.82, 2.24) is 10.5 Å². The first kappa shape index (κ1) is 15.3. The Hall–Kier alpha value is -2.14. The van der Waals surface area contributed by atoms with Crippen molar-refractivity contribution in [2.75, 3.05) is 6.61 Å². The van der Waals surface area contributed by atoms with Gasteiger partial charge in [-0.3, -0.25) is 4.79 Å². The Kier molecular flexibility index (Phi) is 5.11. The molecule has 112 valence electrons. The molecule has 1 amide bonds. The lowest BCUT2D eigenvalue weighted by atomic mass is 10.0. The Morgan fingerprint density at radius 1 is 1.33 bits per heavy atom. The quantitative estimate of drug-likeness (QED) is 0.852. The number of nitrogens with zero attached hydrogens (tertiary/aromatic N) is 1. The molecule has 1 heterocycles. The predicted octanol–water partition coefficient (Wildman–Crippen LogP) is 2.02. The van der Waals surface area contributed by atoms with E-state index in [4.69, 9.17) is 9.63 Å². The van der Waals surface area contributed by atoms with E-state index in [-0.39, 0.29) is 30.9 Å². The maximum Gasteiger partial charge on any atom is 0.226 e. The second kappa shape index (κ2) is 7.04. The van der Waals surface area contributed by atoms with Gasteiger partial charge in [0, 0.05) is 24.3 Å². The third-order valence-electron chi connectivity index (χ3n) is 3.49. The van der Waals surface area contributed by atoms with Crippen molar-refractivity contribution in [1.29, 1.82) is 0 Å². The minimum atomic E-state index is -0.129. The molecule has 0 aliphatic carbocycles. The van der Waals surface area contributed by atoms with Gasteiger partial charge in [0.2, 0.25) is 5.91 Å². The molecule has 0 bridgehead atoms. The number of rotatable bonds is 6. The number of benzene rings is 1. The molecule has 2 unspecified atom stereocenters. The zero-order chi connectivity index (χ0) is 15.2. The summed E-state index contributed by atoms with van der Waals surface area (Å²) < 4.78 is 5.26. The Labute approximate surface area is 124 Å². The summed E-state index contributed by atoms with van der Waals surface area (Å²) in [5.74, 6) is 0.539. The van der Waals surface area contributed by atoms with E-state index < -0.39 is 0 Å². The van der Waals surface area contributed by atoms with Crippen LogP contribution >= 0.6 is 0 Å². The van der Waals surface area contributed by atoms with Crippen LogP contribution in [0.25, 0.3) is 11.3 Å². The standard InChI is InChI=1S/C16H20N2O3/c1-11(10-19)12(2)17-16(20)9-14-8-15(21-18-14)13-6-4-3-5-7-13/h3-8,11-12,19H,9-10H2,1-2H3,(H,17,20). The van der Waals surface area contributed by atoms with E-state index in [1.807, 2.05) is 44.2 Å². The lowest BCUT2D eigenvalue weighted by Crippen LogP contribution is -2.39. The zero-order valence-electron chi connectivity index (χ0n) is 12.2. The van der Waals surface area contributed by atoms with Crippen molar-refractivity contribution in [3.05, 3.63) is 42.1 Å². The van der Waals surface area contributed by atoms with Gasteiger partial charge in [0.25, 0.3) is 0 Å². The van der Waals surface area contributed by atoms with Gasteiger partial charge in [-0.2, -0.15) is 0 Å². The van der Waals surface area contributed by atoms with Crippen LogP contribution in [-0.2, 0) is 11.2 Å². The molecule has 0 saturated heterocycles. The number of nitrogens with one attached hydrogen (secondary N) is 1. The summed E-state index contributed by atoms with van der Waals surface area (Å²) in [6.07, 6.45) is 0.165. The maximum absolute atomic E-state index is 11.9. The van der Waals surface area contributed by atoms with Crippen LogP contribution in [0.2, 0.25) is 0 Å². The Morgan fingerprint density at radius 2 is 2.05 bits per heavy atom. The smallest absolute Gasteiger partial charge is 0.226 e. The number of aliphatic hydroxyl groups is 1. The molecule has 2 atom stereocenters. The molecule has 0 radical (unpaired) electrons. The van der Waals surface area contributed by atoms with Gasteiger partial charge in [0.05, 0.1) is 12.1 Å². The fraction of sp³-hybridized carbons (Fsp3) is 0.375. The van der Waals surface area contributed by atoms with Gasteiger partial charge in [-0.25, -0.2) is 0 Å². The van der Waals surface area contributed by atoms with Crippen LogP contribution in [0.15, 0.2) is 40.9 Å². The molecule has 0 aliphatic rings. The summed E-state index contributed by atoms with van der Waals surface area (Å²) in [5, 5.41) is 15.8. The van der Waals surface area contributed by atoms with Crippen LogP contribution in [0.1, 0.15) is 19.5 Å². The van der Waals surface area contributed by atoms with Crippen LogP contribution in [0.5, 0.6) is 0 Å². The second-order valence-corrected chi connectivity index (χ2v) is 5.24. The van der Waals surface area contributed by atoms with E-state index in [0.29, 0.717) is 11.5 Å². The van der Waals surface area contributed by atoms with Gasteiger partial charge in [0.1, 0.15) is 0 Å². The van der Waals surface area contributed by atoms with Crippen LogP contribution in [0.4, 0.5) is 0 Å². The van der Waals surface area contributed by atoms with E-state index in [1.165, 1.54) is 0 Å². The van der Waals surface area contributed by atoms with E-state index in [0.717, 1.165) is 5.56 Å². The van der Waals surface area contributed by atoms with Gasteiger partial charge in [-0.15, -0.1) is 0 Å². The molecule has 2 rings (SSSR count). The number of amides is 1. The summed E-state index contributed by atoms with van der Waals surface area (Å²) in [6, 6.07) is 11.3. The molecule has 0 aliphatic heterocycles. The van der Waals surface area contributed by atoms with Crippen LogP contribution in [-0.4, -0.2) is 28.8 Å².